The smallest absolute Gasteiger partial charge is 0.123 e. The number of hydrogen-bond donors (Lipinski definition) is 1. The van der Waals surface area contributed by atoms with Gasteiger partial charge >= 0.3 is 0 Å². The standard InChI is InChI=1S/C32H35ClN2O2S/c1-21(32-31(33)28-7-5-6-8-30(28)38-32)35(26-14-12-25(34-2)13-15-26)20-24-19-23(11-18-29(24)37-4)22-9-16-27(36-3)17-10-22/h5-11,16-19,25-26,34H,1,12-15,20H2,2-4H3. The fraction of sp³-hybridized carbons (Fsp3) is 0.312. The van der Waals surface area contributed by atoms with E-state index in [-0.39, 0.29) is 0 Å². The first-order valence-electron chi connectivity index (χ1n) is 13.1. The summed E-state index contributed by atoms with van der Waals surface area (Å²) in [7, 11) is 5.50. The lowest BCUT2D eigenvalue weighted by Crippen LogP contribution is -2.40. The van der Waals surface area contributed by atoms with Crippen LogP contribution in [0.15, 0.2) is 73.3 Å². The van der Waals surface area contributed by atoms with Crippen molar-refractivity contribution in [3.05, 3.63) is 88.8 Å². The first-order valence-corrected chi connectivity index (χ1v) is 14.3. The summed E-state index contributed by atoms with van der Waals surface area (Å²) in [6.07, 6.45) is 4.50. The van der Waals surface area contributed by atoms with Gasteiger partial charge in [0.1, 0.15) is 11.5 Å². The number of ether oxygens (including phenoxy) is 2. The Morgan fingerprint density at radius 3 is 2.34 bits per heavy atom. The van der Waals surface area contributed by atoms with Gasteiger partial charge in [0.25, 0.3) is 0 Å². The fourth-order valence-electron chi connectivity index (χ4n) is 5.50. The topological polar surface area (TPSA) is 33.7 Å². The second-order valence-electron chi connectivity index (χ2n) is 9.87. The molecule has 1 aliphatic rings. The Bertz CT molecular complexity index is 1410. The molecule has 1 fully saturated rings. The molecule has 0 aliphatic heterocycles. The van der Waals surface area contributed by atoms with Crippen molar-refractivity contribution in [2.45, 2.75) is 44.3 Å². The van der Waals surface area contributed by atoms with E-state index in [0.717, 1.165) is 74.9 Å². The maximum absolute atomic E-state index is 6.95. The van der Waals surface area contributed by atoms with Crippen molar-refractivity contribution in [1.29, 1.82) is 0 Å². The number of hydrogen-bond acceptors (Lipinski definition) is 5. The van der Waals surface area contributed by atoms with Crippen LogP contribution in [0.5, 0.6) is 11.5 Å². The van der Waals surface area contributed by atoms with Crippen molar-refractivity contribution < 1.29 is 9.47 Å². The van der Waals surface area contributed by atoms with Gasteiger partial charge < -0.3 is 19.7 Å². The van der Waals surface area contributed by atoms with Gasteiger partial charge in [-0.3, -0.25) is 0 Å². The third kappa shape index (κ3) is 5.42. The third-order valence-electron chi connectivity index (χ3n) is 7.73. The lowest BCUT2D eigenvalue weighted by molar-refractivity contribution is 0.203. The second kappa shape index (κ2) is 11.8. The van der Waals surface area contributed by atoms with Gasteiger partial charge in [-0.2, -0.15) is 0 Å². The highest BCUT2D eigenvalue weighted by Gasteiger charge is 2.29. The van der Waals surface area contributed by atoms with E-state index < -0.39 is 0 Å². The average Bonchev–Trinajstić information content (AvgIpc) is 3.32. The van der Waals surface area contributed by atoms with Gasteiger partial charge in [-0.15, -0.1) is 11.3 Å². The highest BCUT2D eigenvalue weighted by molar-refractivity contribution is 7.20. The summed E-state index contributed by atoms with van der Waals surface area (Å²) in [6, 6.07) is 23.9. The van der Waals surface area contributed by atoms with Crippen LogP contribution in [0.4, 0.5) is 0 Å². The molecule has 1 aromatic heterocycles. The van der Waals surface area contributed by atoms with Gasteiger partial charge in [0.15, 0.2) is 0 Å². The monoisotopic (exact) mass is 546 g/mol. The Kier molecular flexibility index (Phi) is 8.27. The van der Waals surface area contributed by atoms with Crippen molar-refractivity contribution in [3.63, 3.8) is 0 Å². The minimum Gasteiger partial charge on any atom is -0.497 e. The Balaban J connectivity index is 1.51. The summed E-state index contributed by atoms with van der Waals surface area (Å²) < 4.78 is 12.4. The maximum atomic E-state index is 6.95. The van der Waals surface area contributed by atoms with Crippen molar-refractivity contribution in [3.8, 4) is 22.6 Å². The van der Waals surface area contributed by atoms with E-state index in [1.807, 2.05) is 18.2 Å². The van der Waals surface area contributed by atoms with Crippen LogP contribution in [-0.2, 0) is 6.54 Å². The Morgan fingerprint density at radius 1 is 0.974 bits per heavy atom. The average molecular weight is 547 g/mol. The van der Waals surface area contributed by atoms with Crippen LogP contribution in [0, 0.1) is 0 Å². The van der Waals surface area contributed by atoms with Crippen LogP contribution in [0.25, 0.3) is 26.9 Å². The molecule has 5 rings (SSSR count). The van der Waals surface area contributed by atoms with Gasteiger partial charge in [0, 0.05) is 40.0 Å². The van der Waals surface area contributed by atoms with Gasteiger partial charge in [-0.05, 0) is 74.2 Å². The van der Waals surface area contributed by atoms with Gasteiger partial charge in [0.05, 0.1) is 24.1 Å². The summed E-state index contributed by atoms with van der Waals surface area (Å²) >= 11 is 8.67. The number of nitrogens with one attached hydrogen (secondary N) is 1. The Labute approximate surface area is 234 Å². The van der Waals surface area contributed by atoms with Gasteiger partial charge in [-0.1, -0.05) is 54.6 Å². The Morgan fingerprint density at radius 2 is 1.68 bits per heavy atom. The highest BCUT2D eigenvalue weighted by atomic mass is 35.5. The summed E-state index contributed by atoms with van der Waals surface area (Å²) in [5.74, 6) is 1.73. The molecule has 6 heteroatoms. The van der Waals surface area contributed by atoms with Crippen molar-refractivity contribution in [2.75, 3.05) is 21.3 Å². The largest absolute Gasteiger partial charge is 0.497 e. The minimum absolute atomic E-state index is 0.378. The third-order valence-corrected chi connectivity index (χ3v) is 9.46. The van der Waals surface area contributed by atoms with Crippen LogP contribution in [0.2, 0.25) is 5.02 Å². The fourth-order valence-corrected chi connectivity index (χ4v) is 7.03. The molecule has 1 heterocycles. The lowest BCUT2D eigenvalue weighted by atomic mass is 9.89. The molecular formula is C32H35ClN2O2S. The molecule has 0 saturated heterocycles. The zero-order valence-electron chi connectivity index (χ0n) is 22.3. The number of thiophene rings is 1. The molecule has 0 atom stereocenters. The normalized spacial score (nSPS) is 17.4. The first kappa shape index (κ1) is 26.6. The van der Waals surface area contributed by atoms with Crippen molar-refractivity contribution >= 4 is 38.7 Å². The summed E-state index contributed by atoms with van der Waals surface area (Å²) in [5.41, 5.74) is 4.41. The molecule has 0 spiro atoms. The number of methoxy groups -OCH3 is 2. The van der Waals surface area contributed by atoms with Gasteiger partial charge in [-0.25, -0.2) is 0 Å². The molecule has 4 nitrogen and oxygen atoms in total. The maximum Gasteiger partial charge on any atom is 0.123 e. The van der Waals surface area contributed by atoms with Crippen LogP contribution in [0.1, 0.15) is 36.1 Å². The molecule has 0 radical (unpaired) electrons. The molecule has 0 amide bonds. The molecular weight excluding hydrogens is 512 g/mol. The number of fused-ring (bicyclic) bond motifs is 1. The van der Waals surface area contributed by atoms with Crippen LogP contribution >= 0.6 is 22.9 Å². The minimum atomic E-state index is 0.378. The van der Waals surface area contributed by atoms with E-state index in [1.54, 1.807) is 25.6 Å². The molecule has 0 bridgehead atoms. The van der Waals surface area contributed by atoms with Gasteiger partial charge in [0.2, 0.25) is 0 Å². The summed E-state index contributed by atoms with van der Waals surface area (Å²) in [5, 5.41) is 5.35. The van der Waals surface area contributed by atoms with E-state index in [0.29, 0.717) is 18.6 Å². The second-order valence-corrected chi connectivity index (χ2v) is 11.3. The summed E-state index contributed by atoms with van der Waals surface area (Å²) in [4.78, 5) is 3.52. The molecule has 3 aromatic carbocycles. The van der Waals surface area contributed by atoms with Crippen LogP contribution in [0.3, 0.4) is 0 Å². The summed E-state index contributed by atoms with van der Waals surface area (Å²) in [6.45, 7) is 5.33. The van der Waals surface area contributed by atoms with E-state index >= 15 is 0 Å². The van der Waals surface area contributed by atoms with E-state index in [9.17, 15) is 0 Å². The molecule has 0 unspecified atom stereocenters. The molecule has 4 aromatic rings. The van der Waals surface area contributed by atoms with Crippen LogP contribution < -0.4 is 14.8 Å². The zero-order valence-corrected chi connectivity index (χ0v) is 23.9. The quantitative estimate of drug-likeness (QED) is 0.229. The predicted molar refractivity (Wildman–Crippen MR) is 161 cm³/mol. The van der Waals surface area contributed by atoms with E-state index in [4.69, 9.17) is 21.1 Å². The van der Waals surface area contributed by atoms with E-state index in [2.05, 4.69) is 72.4 Å². The molecule has 1 N–H and O–H groups in total. The zero-order chi connectivity index (χ0) is 26.6. The SMILES string of the molecule is C=C(c1sc2ccccc2c1Cl)N(Cc1cc(-c2ccc(OC)cc2)ccc1OC)C1CCC(NC)CC1. The lowest BCUT2D eigenvalue weighted by Gasteiger charge is -2.39. The number of benzene rings is 3. The predicted octanol–water partition coefficient (Wildman–Crippen LogP) is 8.24. The molecule has 1 aliphatic carbocycles. The number of nitrogens with zero attached hydrogens (tertiary/aromatic N) is 1. The molecule has 38 heavy (non-hydrogen) atoms. The molecule has 1 saturated carbocycles. The highest BCUT2D eigenvalue weighted by Crippen LogP contribution is 2.42. The van der Waals surface area contributed by atoms with E-state index in [1.165, 1.54) is 4.70 Å². The molecule has 198 valence electrons. The first-order chi connectivity index (χ1) is 18.5. The number of rotatable bonds is 9. The van der Waals surface area contributed by atoms with Crippen molar-refractivity contribution in [2.24, 2.45) is 0 Å². The van der Waals surface area contributed by atoms with Crippen molar-refractivity contribution in [1.82, 2.24) is 10.2 Å². The van der Waals surface area contributed by atoms with Crippen LogP contribution in [-0.4, -0.2) is 38.3 Å². The Hall–Kier alpha value is -2.99. The number of halogens is 1.